The lowest BCUT2D eigenvalue weighted by Crippen LogP contribution is -2.18. The summed E-state index contributed by atoms with van der Waals surface area (Å²) in [6.45, 7) is 0.0934. The van der Waals surface area contributed by atoms with Crippen LogP contribution in [-0.4, -0.2) is 24.6 Å². The van der Waals surface area contributed by atoms with Gasteiger partial charge < -0.3 is 15.8 Å². The molecule has 4 nitrogen and oxygen atoms in total. The largest absolute Gasteiger partial charge is 0.468 e. The van der Waals surface area contributed by atoms with Gasteiger partial charge in [0.25, 0.3) is 0 Å². The Balaban J connectivity index is 2.76. The lowest BCUT2D eigenvalue weighted by molar-refractivity contribution is -0.138. The van der Waals surface area contributed by atoms with Crippen molar-refractivity contribution < 1.29 is 9.53 Å². The molecule has 0 bridgehead atoms. The molecule has 0 aromatic heterocycles. The van der Waals surface area contributed by atoms with E-state index in [4.69, 9.17) is 18.0 Å². The summed E-state index contributed by atoms with van der Waals surface area (Å²) in [6.07, 6.45) is 0. The van der Waals surface area contributed by atoms with Crippen molar-refractivity contribution in [2.75, 3.05) is 19.0 Å². The fourth-order valence-electron chi connectivity index (χ4n) is 1.09. The molecule has 1 aromatic carbocycles. The second kappa shape index (κ2) is 5.31. The Hall–Kier alpha value is -1.62. The van der Waals surface area contributed by atoms with E-state index in [1.807, 2.05) is 12.1 Å². The molecule has 0 amide bonds. The van der Waals surface area contributed by atoms with E-state index in [1.165, 1.54) is 7.11 Å². The topological polar surface area (TPSA) is 64.3 Å². The number of anilines is 1. The molecule has 0 aliphatic heterocycles. The van der Waals surface area contributed by atoms with Crippen LogP contribution >= 0.6 is 12.2 Å². The molecule has 0 radical (unpaired) electrons. The number of methoxy groups -OCH3 is 1. The number of hydrogen-bond acceptors (Lipinski definition) is 4. The zero-order valence-electron chi connectivity index (χ0n) is 8.32. The molecule has 0 spiro atoms. The molecular weight excluding hydrogens is 212 g/mol. The predicted octanol–water partition coefficient (Wildman–Crippen LogP) is 0.906. The number of benzene rings is 1. The van der Waals surface area contributed by atoms with Crippen LogP contribution < -0.4 is 11.1 Å². The van der Waals surface area contributed by atoms with Crippen LogP contribution in [0, 0.1) is 0 Å². The number of rotatable bonds is 4. The highest BCUT2D eigenvalue weighted by molar-refractivity contribution is 7.80. The lowest BCUT2D eigenvalue weighted by atomic mass is 10.2. The minimum Gasteiger partial charge on any atom is -0.468 e. The molecule has 15 heavy (non-hydrogen) atoms. The van der Waals surface area contributed by atoms with Crippen LogP contribution in [0.4, 0.5) is 5.69 Å². The SMILES string of the molecule is COC(=O)CNc1ccccc1C(N)=S. The normalized spacial score (nSPS) is 9.40. The molecule has 5 heteroatoms. The molecule has 1 rings (SSSR count). The first-order chi connectivity index (χ1) is 7.15. The first kappa shape index (κ1) is 11.5. The molecule has 0 aliphatic rings. The van der Waals surface area contributed by atoms with Crippen LogP contribution in [0.2, 0.25) is 0 Å². The van der Waals surface area contributed by atoms with Gasteiger partial charge in [0, 0.05) is 11.3 Å². The molecule has 0 fully saturated rings. The van der Waals surface area contributed by atoms with Gasteiger partial charge in [-0.2, -0.15) is 0 Å². The zero-order valence-corrected chi connectivity index (χ0v) is 9.14. The first-order valence-corrected chi connectivity index (χ1v) is 4.75. The van der Waals surface area contributed by atoms with E-state index in [-0.39, 0.29) is 12.5 Å². The number of esters is 1. The summed E-state index contributed by atoms with van der Waals surface area (Å²) in [6, 6.07) is 7.26. The maximum Gasteiger partial charge on any atom is 0.325 e. The van der Waals surface area contributed by atoms with Gasteiger partial charge in [-0.1, -0.05) is 24.4 Å². The Morgan fingerprint density at radius 1 is 1.53 bits per heavy atom. The predicted molar refractivity (Wildman–Crippen MR) is 62.8 cm³/mol. The Morgan fingerprint density at radius 3 is 2.80 bits per heavy atom. The Kier molecular flexibility index (Phi) is 4.05. The second-order valence-corrected chi connectivity index (χ2v) is 3.28. The summed E-state index contributed by atoms with van der Waals surface area (Å²) in [5.74, 6) is -0.340. The van der Waals surface area contributed by atoms with Gasteiger partial charge in [0.05, 0.1) is 7.11 Å². The van der Waals surface area contributed by atoms with Crippen LogP contribution in [0.3, 0.4) is 0 Å². The highest BCUT2D eigenvalue weighted by atomic mass is 32.1. The smallest absolute Gasteiger partial charge is 0.325 e. The van der Waals surface area contributed by atoms with Crippen LogP contribution in [-0.2, 0) is 9.53 Å². The molecule has 80 valence electrons. The number of carbonyl (C=O) groups is 1. The molecular formula is C10H12N2O2S. The molecule has 1 aromatic rings. The molecule has 0 saturated heterocycles. The van der Waals surface area contributed by atoms with Gasteiger partial charge >= 0.3 is 5.97 Å². The summed E-state index contributed by atoms with van der Waals surface area (Å²) >= 11 is 4.88. The Labute approximate surface area is 93.4 Å². The van der Waals surface area contributed by atoms with Crippen molar-refractivity contribution in [1.29, 1.82) is 0 Å². The minimum absolute atomic E-state index is 0.0934. The first-order valence-electron chi connectivity index (χ1n) is 4.34. The van der Waals surface area contributed by atoms with Crippen molar-refractivity contribution in [3.05, 3.63) is 29.8 Å². The number of hydrogen-bond donors (Lipinski definition) is 2. The highest BCUT2D eigenvalue weighted by Crippen LogP contribution is 2.14. The van der Waals surface area contributed by atoms with Gasteiger partial charge in [-0.25, -0.2) is 0 Å². The van der Waals surface area contributed by atoms with Crippen molar-refractivity contribution in [1.82, 2.24) is 0 Å². The molecule has 3 N–H and O–H groups in total. The Morgan fingerprint density at radius 2 is 2.20 bits per heavy atom. The number of thiocarbonyl (C=S) groups is 1. The summed E-state index contributed by atoms with van der Waals surface area (Å²) in [5, 5.41) is 2.90. The van der Waals surface area contributed by atoms with Crippen molar-refractivity contribution in [3.8, 4) is 0 Å². The van der Waals surface area contributed by atoms with E-state index < -0.39 is 0 Å². The number of nitrogens with two attached hydrogens (primary N) is 1. The highest BCUT2D eigenvalue weighted by Gasteiger charge is 2.05. The van der Waals surface area contributed by atoms with Crippen LogP contribution in [0.25, 0.3) is 0 Å². The van der Waals surface area contributed by atoms with Gasteiger partial charge in [-0.3, -0.25) is 4.79 Å². The number of para-hydroxylation sites is 1. The summed E-state index contributed by atoms with van der Waals surface area (Å²) in [5.41, 5.74) is 6.98. The van der Waals surface area contributed by atoms with Crippen molar-refractivity contribution in [3.63, 3.8) is 0 Å². The molecule has 0 saturated carbocycles. The average Bonchev–Trinajstić information content (AvgIpc) is 2.26. The van der Waals surface area contributed by atoms with Crippen molar-refractivity contribution in [2.24, 2.45) is 5.73 Å². The minimum atomic E-state index is -0.340. The van der Waals surface area contributed by atoms with Crippen molar-refractivity contribution >= 4 is 28.9 Å². The Bertz CT molecular complexity index is 379. The third-order valence-corrected chi connectivity index (χ3v) is 2.06. The molecule has 0 atom stereocenters. The van der Waals surface area contributed by atoms with Crippen LogP contribution in [0.5, 0.6) is 0 Å². The van der Waals surface area contributed by atoms with Gasteiger partial charge in [0.2, 0.25) is 0 Å². The van der Waals surface area contributed by atoms with Gasteiger partial charge in [0.1, 0.15) is 11.5 Å². The van der Waals surface area contributed by atoms with E-state index in [9.17, 15) is 4.79 Å². The quantitative estimate of drug-likeness (QED) is 0.588. The van der Waals surface area contributed by atoms with E-state index >= 15 is 0 Å². The molecule has 0 heterocycles. The number of nitrogens with one attached hydrogen (secondary N) is 1. The van der Waals surface area contributed by atoms with Gasteiger partial charge in [0.15, 0.2) is 0 Å². The number of carbonyl (C=O) groups excluding carboxylic acids is 1. The van der Waals surface area contributed by atoms with Crippen molar-refractivity contribution in [2.45, 2.75) is 0 Å². The fourth-order valence-corrected chi connectivity index (χ4v) is 1.27. The number of ether oxygens (including phenoxy) is 1. The van der Waals surface area contributed by atoms with Crippen LogP contribution in [0.1, 0.15) is 5.56 Å². The van der Waals surface area contributed by atoms with Gasteiger partial charge in [-0.05, 0) is 12.1 Å². The summed E-state index contributed by atoms with van der Waals surface area (Å²) in [7, 11) is 1.34. The van der Waals surface area contributed by atoms with Crippen LogP contribution in [0.15, 0.2) is 24.3 Å². The summed E-state index contributed by atoms with van der Waals surface area (Å²) < 4.78 is 4.51. The van der Waals surface area contributed by atoms with E-state index in [0.29, 0.717) is 4.99 Å². The van der Waals surface area contributed by atoms with E-state index in [2.05, 4.69) is 10.1 Å². The van der Waals surface area contributed by atoms with E-state index in [1.54, 1.807) is 12.1 Å². The molecule has 0 unspecified atom stereocenters. The van der Waals surface area contributed by atoms with E-state index in [0.717, 1.165) is 11.3 Å². The molecule has 0 aliphatic carbocycles. The maximum atomic E-state index is 10.9. The third kappa shape index (κ3) is 3.21. The maximum absolute atomic E-state index is 10.9. The zero-order chi connectivity index (χ0) is 11.3. The average molecular weight is 224 g/mol. The standard InChI is InChI=1S/C10H12N2O2S/c1-14-9(13)6-12-8-5-3-2-4-7(8)10(11)15/h2-5,12H,6H2,1H3,(H2,11,15). The monoisotopic (exact) mass is 224 g/mol. The summed E-state index contributed by atoms with van der Waals surface area (Å²) in [4.78, 5) is 11.2. The fraction of sp³-hybridized carbons (Fsp3) is 0.200. The third-order valence-electron chi connectivity index (χ3n) is 1.84. The van der Waals surface area contributed by atoms with Gasteiger partial charge in [-0.15, -0.1) is 0 Å². The lowest BCUT2D eigenvalue weighted by Gasteiger charge is -2.09. The second-order valence-electron chi connectivity index (χ2n) is 2.84.